The summed E-state index contributed by atoms with van der Waals surface area (Å²) in [5.41, 5.74) is 38.4. The monoisotopic (exact) mass is 1910 g/mol. The molecule has 6 aromatic heterocycles. The van der Waals surface area contributed by atoms with Crippen LogP contribution in [0.4, 0.5) is 0 Å². The van der Waals surface area contributed by atoms with Crippen molar-refractivity contribution in [3.05, 3.63) is 570 Å². The number of nitrogens with zero attached hydrogens (tertiary/aromatic N) is 6. The lowest BCUT2D eigenvalue weighted by Crippen LogP contribution is -1.98. The molecule has 0 spiro atoms. The predicted octanol–water partition coefficient (Wildman–Crippen LogP) is 38.8. The van der Waals surface area contributed by atoms with Gasteiger partial charge in [-0.25, -0.2) is 0 Å². The largest absolute Gasteiger partial charge is 0.309 e. The van der Waals surface area contributed by atoms with Crippen LogP contribution in [0.15, 0.2) is 570 Å². The molecule has 0 bridgehead atoms. The van der Waals surface area contributed by atoms with Gasteiger partial charge < -0.3 is 27.4 Å². The molecule has 0 aliphatic heterocycles. The van der Waals surface area contributed by atoms with Gasteiger partial charge in [0.05, 0.1) is 88.9 Å². The van der Waals surface area contributed by atoms with Crippen LogP contribution in [0.25, 0.3) is 275 Å². The molecule has 0 aliphatic carbocycles. The lowest BCUT2D eigenvalue weighted by atomic mass is 9.92. The Kier molecular flexibility index (Phi) is 20.9. The molecule has 0 unspecified atom stereocenters. The molecule has 31 aromatic rings. The van der Waals surface area contributed by atoms with Crippen LogP contribution in [0.3, 0.4) is 0 Å². The summed E-state index contributed by atoms with van der Waals surface area (Å²) < 4.78 is 14.6. The van der Waals surface area contributed by atoms with Gasteiger partial charge in [0.1, 0.15) is 0 Å². The third-order valence-corrected chi connectivity index (χ3v) is 30.9. The minimum absolute atomic E-state index is 1.17. The Morgan fingerprint density at radius 2 is 0.320 bits per heavy atom. The van der Waals surface area contributed by atoms with Crippen LogP contribution in [-0.2, 0) is 0 Å². The maximum Gasteiger partial charge on any atom is 0.0547 e. The molecule has 6 heterocycles. The van der Waals surface area contributed by atoms with Crippen molar-refractivity contribution in [1.29, 1.82) is 0 Å². The van der Waals surface area contributed by atoms with Gasteiger partial charge in [-0.3, -0.25) is 0 Å². The molecule has 0 saturated carbocycles. The number of hydrogen-bond donors (Lipinski definition) is 0. The van der Waals surface area contributed by atoms with Crippen molar-refractivity contribution in [2.45, 2.75) is 0 Å². The standard InChI is InChI=1S/C56H36N2.C46H30N2.C42H28N2/c1-2-16-37(17-3-1)42-20-8-12-26-51(42)57-52-27-13-9-23-45(52)48-32-30-38(35-55(48)57)39-31-33-49-46-24-10-14-28-53(46)58(56(49)36-39)54-29-15-11-25-47(54)50-34-40-18-4-5-19-41(40)43-21-6-7-22-44(43)50;1-2-14-36(15-3-1)47-43-20-10-7-17-38(43)40-26-24-33(29-45(40)47)34-25-27-41-39-18-8-11-21-44(39)48(46(41)30-34)42-19-9-6-16-37(42)35-23-22-31-12-4-5-13-32(31)28-35;1-3-13-29(14-4-1)33-17-7-10-20-38(33)44-40-22-12-9-19-35(40)37-26-24-31(28-42(37)44)30-23-25-36-34-18-8-11-21-39(34)43(41(36)27-30)32-15-5-2-6-16-32/h1-36H;1-30H;1-28H. The Morgan fingerprint density at radius 3 is 0.667 bits per heavy atom. The van der Waals surface area contributed by atoms with E-state index < -0.39 is 0 Å². The van der Waals surface area contributed by atoms with Crippen LogP contribution in [0.1, 0.15) is 0 Å². The summed E-state index contributed by atoms with van der Waals surface area (Å²) in [7, 11) is 0. The number of benzene rings is 25. The maximum atomic E-state index is 2.49. The smallest absolute Gasteiger partial charge is 0.0547 e. The Balaban J connectivity index is 0.000000107. The quantitative estimate of drug-likeness (QED) is 0.103. The minimum atomic E-state index is 1.17. The molecular formula is C144H94N6. The molecule has 6 nitrogen and oxygen atoms in total. The third-order valence-electron chi connectivity index (χ3n) is 30.9. The van der Waals surface area contributed by atoms with Crippen molar-refractivity contribution in [3.8, 4) is 112 Å². The summed E-state index contributed by atoms with van der Waals surface area (Å²) in [6.45, 7) is 0. The highest BCUT2D eigenvalue weighted by molar-refractivity contribution is 6.20. The van der Waals surface area contributed by atoms with Crippen LogP contribution >= 0.6 is 0 Å². The van der Waals surface area contributed by atoms with Gasteiger partial charge in [-0.15, -0.1) is 0 Å². The third kappa shape index (κ3) is 14.5. The topological polar surface area (TPSA) is 29.6 Å². The Bertz CT molecular complexity index is 10800. The number of para-hydroxylation sites is 12. The molecule has 31 rings (SSSR count). The summed E-state index contributed by atoms with van der Waals surface area (Å²) in [5.74, 6) is 0. The first-order chi connectivity index (χ1) is 74.5. The second kappa shape index (κ2) is 36.1. The van der Waals surface area contributed by atoms with Gasteiger partial charge in [0.15, 0.2) is 0 Å². The Labute approximate surface area is 866 Å². The summed E-state index contributed by atoms with van der Waals surface area (Å²) >= 11 is 0. The van der Waals surface area contributed by atoms with E-state index in [1.165, 1.54) is 275 Å². The molecule has 150 heavy (non-hydrogen) atoms. The van der Waals surface area contributed by atoms with E-state index in [0.717, 1.165) is 0 Å². The summed E-state index contributed by atoms with van der Waals surface area (Å²) in [6, 6.07) is 208. The molecule has 25 aromatic carbocycles. The van der Waals surface area contributed by atoms with Crippen LogP contribution in [0.5, 0.6) is 0 Å². The van der Waals surface area contributed by atoms with Crippen LogP contribution in [0.2, 0.25) is 0 Å². The van der Waals surface area contributed by atoms with E-state index in [0.29, 0.717) is 0 Å². The first-order valence-corrected chi connectivity index (χ1v) is 51.7. The van der Waals surface area contributed by atoms with Crippen molar-refractivity contribution >= 4 is 163 Å². The molecule has 0 fully saturated rings. The van der Waals surface area contributed by atoms with E-state index in [9.17, 15) is 0 Å². The number of aromatic nitrogens is 6. The van der Waals surface area contributed by atoms with Crippen molar-refractivity contribution < 1.29 is 0 Å². The molecule has 0 aliphatic rings. The molecule has 0 saturated heterocycles. The van der Waals surface area contributed by atoms with Gasteiger partial charge in [-0.1, -0.05) is 437 Å². The molecular weight excluding hydrogens is 1810 g/mol. The molecule has 0 amide bonds. The normalized spacial score (nSPS) is 11.7. The van der Waals surface area contributed by atoms with Gasteiger partial charge in [-0.2, -0.15) is 0 Å². The fourth-order valence-electron chi connectivity index (χ4n) is 24.2. The van der Waals surface area contributed by atoms with Crippen molar-refractivity contribution in [2.75, 3.05) is 0 Å². The molecule has 700 valence electrons. The first-order valence-electron chi connectivity index (χ1n) is 51.7. The van der Waals surface area contributed by atoms with Crippen LogP contribution < -0.4 is 0 Å². The zero-order chi connectivity index (χ0) is 98.8. The summed E-state index contributed by atoms with van der Waals surface area (Å²) in [6.07, 6.45) is 0. The van der Waals surface area contributed by atoms with Crippen molar-refractivity contribution in [3.63, 3.8) is 0 Å². The molecule has 0 N–H and O–H groups in total. The fourth-order valence-corrected chi connectivity index (χ4v) is 24.2. The maximum absolute atomic E-state index is 2.49. The first kappa shape index (κ1) is 86.7. The molecule has 0 atom stereocenters. The molecule has 0 radical (unpaired) electrons. The highest BCUT2D eigenvalue weighted by atomic mass is 15.0. The van der Waals surface area contributed by atoms with E-state index >= 15 is 0 Å². The zero-order valence-corrected chi connectivity index (χ0v) is 82.0. The van der Waals surface area contributed by atoms with E-state index in [4.69, 9.17) is 0 Å². The van der Waals surface area contributed by atoms with Crippen molar-refractivity contribution in [2.24, 2.45) is 0 Å². The number of hydrogen-bond acceptors (Lipinski definition) is 0. The van der Waals surface area contributed by atoms with Gasteiger partial charge >= 0.3 is 0 Å². The van der Waals surface area contributed by atoms with Crippen molar-refractivity contribution in [1.82, 2.24) is 27.4 Å². The lowest BCUT2D eigenvalue weighted by molar-refractivity contribution is 1.18. The average molecular weight is 1910 g/mol. The van der Waals surface area contributed by atoms with Crippen LogP contribution in [-0.4, -0.2) is 27.4 Å². The highest BCUT2D eigenvalue weighted by Gasteiger charge is 2.26. The predicted molar refractivity (Wildman–Crippen MR) is 636 cm³/mol. The second-order valence-electron chi connectivity index (χ2n) is 39.2. The highest BCUT2D eigenvalue weighted by Crippen LogP contribution is 2.49. The average Bonchev–Trinajstić information content (AvgIpc) is 1.56. The van der Waals surface area contributed by atoms with Crippen LogP contribution in [0, 0.1) is 0 Å². The van der Waals surface area contributed by atoms with Gasteiger partial charge in [0.2, 0.25) is 0 Å². The molecule has 6 heteroatoms. The zero-order valence-electron chi connectivity index (χ0n) is 82.0. The summed E-state index contributed by atoms with van der Waals surface area (Å²) in [4.78, 5) is 0. The SMILES string of the molecule is c1ccc(-c2ccccc2-n2c3ccccc3c3ccc(-c4ccc5c6ccccc6n(-c6ccccc6)c5c4)cc32)cc1.c1ccc(-c2ccccc2-n2c3ccccc3c3ccc(-c4ccc5c6ccccc6n(-c6ccccc6-c6cc7ccccc7c7ccccc67)c5c4)cc32)cc1.c1ccc(-n2c3ccccc3c3ccc(-c4ccc5c6ccccc6n(-c6ccccc6-c6ccc7ccccc7c6)c5c4)cc32)cc1. The van der Waals surface area contributed by atoms with E-state index in [2.05, 4.69) is 598 Å². The number of rotatable bonds is 13. The summed E-state index contributed by atoms with van der Waals surface area (Å²) in [5, 5.41) is 22.6. The second-order valence-corrected chi connectivity index (χ2v) is 39.2. The Hall–Kier alpha value is -19.9. The Morgan fingerprint density at radius 1 is 0.0933 bits per heavy atom. The minimum Gasteiger partial charge on any atom is -0.309 e. The van der Waals surface area contributed by atoms with Gasteiger partial charge in [0.25, 0.3) is 0 Å². The van der Waals surface area contributed by atoms with Gasteiger partial charge in [0, 0.05) is 98.3 Å². The van der Waals surface area contributed by atoms with E-state index in [1.807, 2.05) is 0 Å². The number of fused-ring (bicyclic) bond motifs is 22. The lowest BCUT2D eigenvalue weighted by Gasteiger charge is -2.17. The van der Waals surface area contributed by atoms with Gasteiger partial charge in [-0.05, 0) is 221 Å². The van der Waals surface area contributed by atoms with E-state index in [1.54, 1.807) is 0 Å². The fraction of sp³-hybridized carbons (Fsp3) is 0. The van der Waals surface area contributed by atoms with E-state index in [-0.39, 0.29) is 0 Å².